The van der Waals surface area contributed by atoms with Gasteiger partial charge in [0.05, 0.1) is 33.7 Å². The first-order valence-corrected chi connectivity index (χ1v) is 7.25. The number of halogens is 3. The zero-order valence-corrected chi connectivity index (χ0v) is 13.0. The Morgan fingerprint density at radius 2 is 2.14 bits per heavy atom. The van der Waals surface area contributed by atoms with Crippen LogP contribution in [0.2, 0.25) is 5.02 Å². The Balaban J connectivity index is 2.20. The molecule has 1 atom stereocenters. The molecule has 0 radical (unpaired) electrons. The zero-order chi connectivity index (χ0) is 15.1. The van der Waals surface area contributed by atoms with Crippen molar-refractivity contribution in [2.75, 3.05) is 0 Å². The van der Waals surface area contributed by atoms with Gasteiger partial charge in [-0.2, -0.15) is 5.10 Å². The fraction of sp³-hybridized carbons (Fsp3) is 0.286. The Kier molecular flexibility index (Phi) is 3.63. The largest absolute Gasteiger partial charge is 0.321 e. The summed E-state index contributed by atoms with van der Waals surface area (Å²) in [7, 11) is 1.87. The van der Waals surface area contributed by atoms with Crippen LogP contribution in [0, 0.1) is 5.82 Å². The molecule has 0 saturated carbocycles. The highest BCUT2D eigenvalue weighted by Gasteiger charge is 2.18. The fourth-order valence-corrected chi connectivity index (χ4v) is 2.65. The second-order valence-electron chi connectivity index (χ2n) is 4.87. The van der Waals surface area contributed by atoms with E-state index in [0.29, 0.717) is 17.9 Å². The predicted molar refractivity (Wildman–Crippen MR) is 81.3 cm³/mol. The SMILES string of the molecule is CC(Cl)c1nc2cc(F)c(Cl)cc2n1Cc1ccnn1C. The maximum atomic E-state index is 13.6. The Morgan fingerprint density at radius 3 is 2.76 bits per heavy atom. The summed E-state index contributed by atoms with van der Waals surface area (Å²) in [6, 6.07) is 4.83. The molecule has 0 spiro atoms. The highest BCUT2D eigenvalue weighted by atomic mass is 35.5. The highest BCUT2D eigenvalue weighted by molar-refractivity contribution is 6.31. The topological polar surface area (TPSA) is 35.6 Å². The van der Waals surface area contributed by atoms with Gasteiger partial charge in [0, 0.05) is 19.3 Å². The van der Waals surface area contributed by atoms with E-state index in [2.05, 4.69) is 10.1 Å². The van der Waals surface area contributed by atoms with Crippen LogP contribution in [0.4, 0.5) is 4.39 Å². The molecule has 0 aliphatic carbocycles. The van der Waals surface area contributed by atoms with Gasteiger partial charge in [-0.3, -0.25) is 4.68 Å². The number of alkyl halides is 1. The second-order valence-corrected chi connectivity index (χ2v) is 5.94. The monoisotopic (exact) mass is 326 g/mol. The van der Waals surface area contributed by atoms with Crippen molar-refractivity contribution in [3.63, 3.8) is 0 Å². The van der Waals surface area contributed by atoms with Crippen LogP contribution in [-0.2, 0) is 13.6 Å². The lowest BCUT2D eigenvalue weighted by molar-refractivity contribution is 0.629. The summed E-state index contributed by atoms with van der Waals surface area (Å²) in [6.45, 7) is 2.38. The van der Waals surface area contributed by atoms with Crippen molar-refractivity contribution >= 4 is 34.2 Å². The highest BCUT2D eigenvalue weighted by Crippen LogP contribution is 2.28. The minimum Gasteiger partial charge on any atom is -0.321 e. The summed E-state index contributed by atoms with van der Waals surface area (Å²) in [5.41, 5.74) is 2.29. The lowest BCUT2D eigenvalue weighted by Gasteiger charge is -2.11. The first-order chi connectivity index (χ1) is 9.97. The standard InChI is InChI=1S/C14H13Cl2FN4/c1-8(15)14-19-12-6-11(17)10(16)5-13(12)21(14)7-9-3-4-18-20(9)2/h3-6,8H,7H2,1-2H3. The van der Waals surface area contributed by atoms with E-state index in [1.807, 2.05) is 24.6 Å². The van der Waals surface area contributed by atoms with Gasteiger partial charge in [-0.1, -0.05) is 11.6 Å². The van der Waals surface area contributed by atoms with E-state index in [1.165, 1.54) is 6.07 Å². The minimum absolute atomic E-state index is 0.0717. The molecular weight excluding hydrogens is 314 g/mol. The lowest BCUT2D eigenvalue weighted by Crippen LogP contribution is -2.09. The third-order valence-corrected chi connectivity index (χ3v) is 3.90. The van der Waals surface area contributed by atoms with Gasteiger partial charge in [0.2, 0.25) is 0 Å². The predicted octanol–water partition coefficient (Wildman–Crippen LogP) is 3.91. The van der Waals surface area contributed by atoms with Crippen molar-refractivity contribution in [1.29, 1.82) is 0 Å². The molecule has 1 aromatic carbocycles. The van der Waals surface area contributed by atoms with Crippen molar-refractivity contribution in [3.8, 4) is 0 Å². The quantitative estimate of drug-likeness (QED) is 0.684. The number of fused-ring (bicyclic) bond motifs is 1. The Morgan fingerprint density at radius 1 is 1.38 bits per heavy atom. The molecule has 7 heteroatoms. The third kappa shape index (κ3) is 2.51. The number of aryl methyl sites for hydroxylation is 1. The fourth-order valence-electron chi connectivity index (χ4n) is 2.33. The van der Waals surface area contributed by atoms with E-state index >= 15 is 0 Å². The molecule has 0 fully saturated rings. The number of rotatable bonds is 3. The van der Waals surface area contributed by atoms with Gasteiger partial charge in [0.1, 0.15) is 11.6 Å². The molecule has 110 valence electrons. The number of aromatic nitrogens is 4. The third-order valence-electron chi connectivity index (χ3n) is 3.42. The summed E-state index contributed by atoms with van der Waals surface area (Å²) in [5, 5.41) is 3.92. The van der Waals surface area contributed by atoms with E-state index in [1.54, 1.807) is 16.9 Å². The number of benzene rings is 1. The summed E-state index contributed by atoms with van der Waals surface area (Å²) in [5.74, 6) is 0.192. The van der Waals surface area contributed by atoms with E-state index in [-0.39, 0.29) is 10.4 Å². The molecule has 2 heterocycles. The van der Waals surface area contributed by atoms with Crippen LogP contribution in [0.15, 0.2) is 24.4 Å². The van der Waals surface area contributed by atoms with Crippen LogP contribution in [0.5, 0.6) is 0 Å². The van der Waals surface area contributed by atoms with Gasteiger partial charge in [-0.05, 0) is 19.1 Å². The molecule has 0 amide bonds. The van der Waals surface area contributed by atoms with Gasteiger partial charge >= 0.3 is 0 Å². The normalized spacial score (nSPS) is 13.0. The average Bonchev–Trinajstić information content (AvgIpc) is 2.97. The molecule has 0 saturated heterocycles. The van der Waals surface area contributed by atoms with Crippen LogP contribution < -0.4 is 0 Å². The zero-order valence-electron chi connectivity index (χ0n) is 11.5. The van der Waals surface area contributed by atoms with Crippen LogP contribution in [0.25, 0.3) is 11.0 Å². The Hall–Kier alpha value is -1.59. The van der Waals surface area contributed by atoms with Gasteiger partial charge in [0.15, 0.2) is 0 Å². The van der Waals surface area contributed by atoms with Crippen LogP contribution in [0.1, 0.15) is 23.8 Å². The molecule has 2 aromatic heterocycles. The smallest absolute Gasteiger partial charge is 0.144 e. The average molecular weight is 327 g/mol. The second kappa shape index (κ2) is 5.31. The maximum Gasteiger partial charge on any atom is 0.144 e. The lowest BCUT2D eigenvalue weighted by atomic mass is 10.3. The van der Waals surface area contributed by atoms with Gasteiger partial charge < -0.3 is 4.57 Å². The van der Waals surface area contributed by atoms with Crippen molar-refractivity contribution in [2.24, 2.45) is 7.05 Å². The number of nitrogens with zero attached hydrogens (tertiary/aromatic N) is 4. The first kappa shape index (κ1) is 14.4. The van der Waals surface area contributed by atoms with E-state index in [4.69, 9.17) is 23.2 Å². The summed E-state index contributed by atoms with van der Waals surface area (Å²) < 4.78 is 17.3. The van der Waals surface area contributed by atoms with Gasteiger partial charge in [0.25, 0.3) is 0 Å². The first-order valence-electron chi connectivity index (χ1n) is 6.43. The minimum atomic E-state index is -0.483. The Labute approximate surface area is 131 Å². The molecule has 0 bridgehead atoms. The molecule has 0 aliphatic heterocycles. The van der Waals surface area contributed by atoms with Crippen molar-refractivity contribution in [1.82, 2.24) is 19.3 Å². The van der Waals surface area contributed by atoms with Gasteiger partial charge in [-0.15, -0.1) is 11.6 Å². The van der Waals surface area contributed by atoms with E-state index in [0.717, 1.165) is 11.2 Å². The molecule has 1 unspecified atom stereocenters. The Bertz CT molecular complexity index is 807. The summed E-state index contributed by atoms with van der Waals surface area (Å²) in [4.78, 5) is 4.43. The summed E-state index contributed by atoms with van der Waals surface area (Å²) >= 11 is 12.1. The molecule has 0 aliphatic rings. The molecule has 0 N–H and O–H groups in total. The molecule has 4 nitrogen and oxygen atoms in total. The van der Waals surface area contributed by atoms with Crippen molar-refractivity contribution < 1.29 is 4.39 Å². The number of imidazole rings is 1. The molecule has 21 heavy (non-hydrogen) atoms. The number of hydrogen-bond acceptors (Lipinski definition) is 2. The maximum absolute atomic E-state index is 13.6. The van der Waals surface area contributed by atoms with Crippen molar-refractivity contribution in [3.05, 3.63) is 46.8 Å². The van der Waals surface area contributed by atoms with Crippen LogP contribution >= 0.6 is 23.2 Å². The van der Waals surface area contributed by atoms with Gasteiger partial charge in [-0.25, -0.2) is 9.37 Å². The van der Waals surface area contributed by atoms with E-state index in [9.17, 15) is 4.39 Å². The van der Waals surface area contributed by atoms with E-state index < -0.39 is 5.82 Å². The van der Waals surface area contributed by atoms with Crippen LogP contribution in [-0.4, -0.2) is 19.3 Å². The molecular formula is C14H13Cl2FN4. The van der Waals surface area contributed by atoms with Crippen LogP contribution in [0.3, 0.4) is 0 Å². The van der Waals surface area contributed by atoms with Crippen molar-refractivity contribution in [2.45, 2.75) is 18.8 Å². The molecule has 3 aromatic rings. The molecule has 3 rings (SSSR count). The number of hydrogen-bond donors (Lipinski definition) is 0. The summed E-state index contributed by atoms with van der Waals surface area (Å²) in [6.07, 6.45) is 1.73.